The molecule has 8 aliphatic rings. The van der Waals surface area contributed by atoms with Gasteiger partial charge in [0.2, 0.25) is 22.2 Å². The number of fused-ring (bicyclic) bond motifs is 4. The van der Waals surface area contributed by atoms with E-state index >= 15 is 0 Å². The highest BCUT2D eigenvalue weighted by Crippen LogP contribution is 2.34. The van der Waals surface area contributed by atoms with Crippen LogP contribution in [-0.4, -0.2) is 185 Å². The molecule has 0 aliphatic carbocycles. The summed E-state index contributed by atoms with van der Waals surface area (Å²) in [5.41, 5.74) is 10.1. The summed E-state index contributed by atoms with van der Waals surface area (Å²) in [6.45, 7) is 6.84. The summed E-state index contributed by atoms with van der Waals surface area (Å²) in [6.07, 6.45) is -1.20. The number of amides is 16. The number of rotatable bonds is 17. The van der Waals surface area contributed by atoms with Crippen molar-refractivity contribution in [2.45, 2.75) is 93.9 Å². The number of benzene rings is 7. The van der Waals surface area contributed by atoms with Crippen LogP contribution >= 0.6 is 11.3 Å². The van der Waals surface area contributed by atoms with Gasteiger partial charge in [-0.1, -0.05) is 108 Å². The van der Waals surface area contributed by atoms with Crippen molar-refractivity contribution in [2.24, 2.45) is 5.73 Å². The van der Waals surface area contributed by atoms with Gasteiger partial charge in [-0.05, 0) is 158 Å². The molecule has 32 nitrogen and oxygen atoms in total. The first kappa shape index (κ1) is 86.0. The Kier molecular flexibility index (Phi) is 25.2. The van der Waals surface area contributed by atoms with Crippen LogP contribution in [0.1, 0.15) is 147 Å². The second-order valence-electron chi connectivity index (χ2n) is 29.8. The number of nitrogens with zero attached hydrogens (tertiary/aromatic N) is 4. The maximum absolute atomic E-state index is 12.9. The van der Waals surface area contributed by atoms with E-state index < -0.39 is 82.1 Å². The normalized spacial score (nSPS) is 20.3. The molecule has 16 rings (SSSR count). The molecule has 0 bridgehead atoms. The fourth-order valence-electron chi connectivity index (χ4n) is 14.4. The van der Waals surface area contributed by atoms with Crippen molar-refractivity contribution in [3.63, 3.8) is 0 Å². The third-order valence-corrected chi connectivity index (χ3v) is 22.1. The third kappa shape index (κ3) is 18.8. The summed E-state index contributed by atoms with van der Waals surface area (Å²) in [7, 11) is 7.97. The molecule has 2 unspecified atom stereocenters. The van der Waals surface area contributed by atoms with E-state index in [0.29, 0.717) is 88.1 Å². The number of nitrogens with two attached hydrogens (primary N) is 1. The highest BCUT2D eigenvalue weighted by Gasteiger charge is 2.53. The Morgan fingerprint density at radius 2 is 0.650 bits per heavy atom. The third-order valence-electron chi connectivity index (χ3n) is 21.2. The summed E-state index contributed by atoms with van der Waals surface area (Å²) >= 11 is 1.56. The van der Waals surface area contributed by atoms with Crippen molar-refractivity contribution < 1.29 is 86.7 Å². The van der Waals surface area contributed by atoms with E-state index in [-0.39, 0.29) is 55.8 Å². The minimum atomic E-state index is -1.57. The molecule has 9 heterocycles. The number of carbonyl (C=O) groups is 12. The first-order valence-corrected chi connectivity index (χ1v) is 39.4. The molecule has 33 heteroatoms. The number of aliphatic hydroxyl groups excluding tert-OH is 2. The van der Waals surface area contributed by atoms with Gasteiger partial charge < -0.3 is 81.1 Å². The zero-order valence-electron chi connectivity index (χ0n) is 67.8. The lowest BCUT2D eigenvalue weighted by Gasteiger charge is -2.26. The van der Waals surface area contributed by atoms with Crippen molar-refractivity contribution in [1.29, 1.82) is 0 Å². The van der Waals surface area contributed by atoms with Crippen LogP contribution in [0.3, 0.4) is 0 Å². The fraction of sp³-hybridized carbons (Fsp3) is 0.267. The Morgan fingerprint density at radius 3 is 0.878 bits per heavy atom. The van der Waals surface area contributed by atoms with Crippen LogP contribution in [0.5, 0.6) is 23.0 Å². The van der Waals surface area contributed by atoms with Crippen LogP contribution < -0.4 is 72.5 Å². The quantitative estimate of drug-likeness (QED) is 0.0420. The summed E-state index contributed by atoms with van der Waals surface area (Å²) < 4.78 is 20.8. The number of methoxy groups -OCH3 is 4. The number of aliphatic hydroxyl groups is 2. The van der Waals surface area contributed by atoms with Crippen molar-refractivity contribution in [3.8, 4) is 70.4 Å². The summed E-state index contributed by atoms with van der Waals surface area (Å²) in [5, 5.41) is 43.5. The molecule has 8 aromatic rings. The summed E-state index contributed by atoms with van der Waals surface area (Å²) in [6, 6.07) is 41.5. The van der Waals surface area contributed by atoms with Crippen LogP contribution in [-0.2, 0) is 51.9 Å². The standard InChI is InChI=1S/C23H22N4O4.2C23H21N3O5.C21H20N4O4S/c1-14(24)16-5-3-15(4-6-16)9-10-23(21(29)25-22(30)26-23)13-27-12-17-7-8-18(31-2)11-19(17)20(27)28;2*1-14(27)16-5-3-15(4-6-16)9-10-23(21(29)24-22(30)25-23)13-26-12-17-7-8-18(31-2)11-19(17)20(26)28;1-22-9-16-7-13(11-30-16)5-6-21(19(27)23-20(28)24-21)12-25-10-14-3-4-15(29-2)8-17(14)18(25)26/h3-8,11,14H,12-13,24H2,1-2H3,(H2,25,26,29,30);2*3-8,11,14,27H,12-13H2,1-2H3,(H2,24,25,29,30);3-4,7-8,11,22H,9-10,12H2,1-2H3,(H2,23,24,27,28)/t14-,23+;2*14?,23-;21-/m0101/s1. The van der Waals surface area contributed by atoms with Gasteiger partial charge in [0.05, 0.1) is 66.8 Å². The van der Waals surface area contributed by atoms with Gasteiger partial charge in [0.25, 0.3) is 47.3 Å². The minimum absolute atomic E-state index is 0.0547. The zero-order valence-corrected chi connectivity index (χ0v) is 68.6. The second kappa shape index (κ2) is 36.0. The van der Waals surface area contributed by atoms with Crippen molar-refractivity contribution in [2.75, 3.05) is 61.7 Å². The van der Waals surface area contributed by atoms with E-state index in [4.69, 9.17) is 24.7 Å². The molecular weight excluding hydrogens is 1600 g/mol. The maximum atomic E-state index is 12.9. The molecule has 7 atom stereocenters. The maximum Gasteiger partial charge on any atom is 0.323 e. The molecular formula is C90H84N14O18S. The van der Waals surface area contributed by atoms with E-state index in [2.05, 4.69) is 95.2 Å². The molecule has 4 saturated heterocycles. The number of hydrogen-bond acceptors (Lipinski definition) is 21. The Hall–Kier alpha value is -14.8. The molecule has 1 aromatic heterocycles. The van der Waals surface area contributed by atoms with Gasteiger partial charge in [-0.3, -0.25) is 59.6 Å². The number of urea groups is 4. The van der Waals surface area contributed by atoms with E-state index in [1.165, 1.54) is 48.0 Å². The Morgan fingerprint density at radius 1 is 0.390 bits per heavy atom. The molecule has 0 spiro atoms. The first-order chi connectivity index (χ1) is 58.9. The largest absolute Gasteiger partial charge is 0.497 e. The first-order valence-electron chi connectivity index (χ1n) is 38.5. The SMILES string of the molecule is CNCc1cc(C#C[C@]2(CN3Cc4ccc(OC)cc4C3=O)NC(=O)NC2=O)cs1.COc1ccc2c(c1)C(=O)N(C[C@@]1(C#Cc3ccc(C(C)O)cc3)NC(=O)NC1=O)C2.COc1ccc2c(c1)C(=O)N(C[C@@]1(C#Cc3ccc([C@H](C)N)cc3)NC(=O)NC1=O)C2.COc1ccc2c(c1)C(=O)N(C[C@]1(C#Cc3ccc(C(C)O)cc3)NC(=O)NC1=O)C2. The Balaban J connectivity index is 0.000000141. The van der Waals surface area contributed by atoms with Crippen LogP contribution in [0.2, 0.25) is 0 Å². The van der Waals surface area contributed by atoms with Crippen LogP contribution in [0.15, 0.2) is 157 Å². The van der Waals surface area contributed by atoms with Gasteiger partial charge in [-0.25, -0.2) is 19.2 Å². The lowest BCUT2D eigenvalue weighted by atomic mass is 9.98. The fourth-order valence-corrected chi connectivity index (χ4v) is 15.3. The Bertz CT molecular complexity index is 5500. The number of nitrogens with one attached hydrogen (secondary N) is 9. The number of ether oxygens (including phenoxy) is 4. The average molecular weight is 1680 g/mol. The van der Waals surface area contributed by atoms with Gasteiger partial charge in [0, 0.05) is 93.5 Å². The van der Waals surface area contributed by atoms with Gasteiger partial charge in [0.15, 0.2) is 0 Å². The van der Waals surface area contributed by atoms with Crippen LogP contribution in [0, 0.1) is 47.4 Å². The van der Waals surface area contributed by atoms with Gasteiger partial charge in [0.1, 0.15) is 23.0 Å². The monoisotopic (exact) mass is 1680 g/mol. The molecule has 7 aromatic carbocycles. The number of imide groups is 4. The molecule has 16 amide bonds. The van der Waals surface area contributed by atoms with Crippen LogP contribution in [0.4, 0.5) is 19.2 Å². The topological polar surface area (TPSA) is 429 Å². The molecule has 8 aliphatic heterocycles. The highest BCUT2D eigenvalue weighted by molar-refractivity contribution is 7.10. The molecule has 13 N–H and O–H groups in total. The van der Waals surface area contributed by atoms with Gasteiger partial charge in [-0.2, -0.15) is 0 Å². The van der Waals surface area contributed by atoms with Crippen molar-refractivity contribution in [3.05, 3.63) is 245 Å². The van der Waals surface area contributed by atoms with Gasteiger partial charge in [-0.15, -0.1) is 11.3 Å². The van der Waals surface area contributed by atoms with Gasteiger partial charge >= 0.3 is 24.1 Å². The Labute approximate surface area is 710 Å². The summed E-state index contributed by atoms with van der Waals surface area (Å²) in [5.74, 6) is 22.2. The predicted molar refractivity (Wildman–Crippen MR) is 446 cm³/mol. The molecule has 4 fully saturated rings. The van der Waals surface area contributed by atoms with Crippen molar-refractivity contribution >= 4 is 82.7 Å². The molecule has 0 radical (unpaired) electrons. The van der Waals surface area contributed by atoms with E-state index in [0.717, 1.165) is 55.9 Å². The number of hydrogen-bond donors (Lipinski definition) is 12. The second-order valence-corrected chi connectivity index (χ2v) is 30.8. The van der Waals surface area contributed by atoms with E-state index in [1.807, 2.05) is 49.7 Å². The lowest BCUT2D eigenvalue weighted by Crippen LogP contribution is -2.54. The highest BCUT2D eigenvalue weighted by atomic mass is 32.1. The lowest BCUT2D eigenvalue weighted by molar-refractivity contribution is -0.123. The average Bonchev–Trinajstić information content (AvgIpc) is 1.64. The minimum Gasteiger partial charge on any atom is -0.497 e. The smallest absolute Gasteiger partial charge is 0.323 e. The van der Waals surface area contributed by atoms with Crippen LogP contribution in [0.25, 0.3) is 0 Å². The summed E-state index contributed by atoms with van der Waals surface area (Å²) in [4.78, 5) is 157. The van der Waals surface area contributed by atoms with E-state index in [1.54, 1.807) is 147 Å². The number of thiophene rings is 1. The van der Waals surface area contributed by atoms with Crippen molar-refractivity contribution in [1.82, 2.24) is 67.5 Å². The molecule has 628 valence electrons. The predicted octanol–water partition coefficient (Wildman–Crippen LogP) is 5.03. The van der Waals surface area contributed by atoms with E-state index in [9.17, 15) is 67.7 Å². The molecule has 123 heavy (non-hydrogen) atoms. The molecule has 0 saturated carbocycles. The number of carbonyl (C=O) groups excluding carboxylic acids is 12. The zero-order chi connectivity index (χ0) is 87.8.